The molecule has 0 aromatic heterocycles. The fourth-order valence-corrected chi connectivity index (χ4v) is 1.42. The molecule has 1 atom stereocenters. The Labute approximate surface area is 90.6 Å². The molecule has 14 heavy (non-hydrogen) atoms. The predicted molar refractivity (Wildman–Crippen MR) is 62.5 cm³/mol. The molecule has 0 saturated heterocycles. The minimum Gasteiger partial charge on any atom is -0.330 e. The van der Waals surface area contributed by atoms with Gasteiger partial charge in [0, 0.05) is 17.0 Å². The van der Waals surface area contributed by atoms with E-state index in [0.717, 1.165) is 11.4 Å². The lowest BCUT2D eigenvalue weighted by Crippen LogP contribution is -2.27. The van der Waals surface area contributed by atoms with Crippen molar-refractivity contribution in [1.82, 2.24) is 0 Å². The van der Waals surface area contributed by atoms with Gasteiger partial charge in [0.15, 0.2) is 0 Å². The summed E-state index contributed by atoms with van der Waals surface area (Å²) in [6.45, 7) is 6.53. The number of nitrogens with two attached hydrogens (primary N) is 1. The van der Waals surface area contributed by atoms with E-state index in [9.17, 15) is 0 Å². The highest BCUT2D eigenvalue weighted by atomic mass is 35.5. The maximum atomic E-state index is 5.81. The fourth-order valence-electron chi connectivity index (χ4n) is 1.30. The van der Waals surface area contributed by atoms with Crippen LogP contribution in [0.5, 0.6) is 0 Å². The topological polar surface area (TPSA) is 26.0 Å². The third-order valence-corrected chi connectivity index (χ3v) is 2.73. The normalized spacial score (nSPS) is 14.8. The second kappa shape index (κ2) is 4.63. The quantitative estimate of drug-likeness (QED) is 0.758. The highest BCUT2D eigenvalue weighted by Crippen LogP contribution is 2.23. The zero-order valence-corrected chi connectivity index (χ0v) is 9.22. The first kappa shape index (κ1) is 11.3. The molecule has 0 amide bonds. The van der Waals surface area contributed by atoms with E-state index < -0.39 is 0 Å². The van der Waals surface area contributed by atoms with Crippen molar-refractivity contribution in [3.05, 3.63) is 47.5 Å². The zero-order valence-electron chi connectivity index (χ0n) is 8.46. The molecule has 1 aromatic carbocycles. The molecule has 2 heteroatoms. The van der Waals surface area contributed by atoms with Crippen LogP contribution in [0.3, 0.4) is 0 Å². The molecule has 0 saturated carbocycles. The largest absolute Gasteiger partial charge is 0.330 e. The van der Waals surface area contributed by atoms with Crippen molar-refractivity contribution in [2.24, 2.45) is 11.1 Å². The lowest BCUT2D eigenvalue weighted by atomic mass is 9.84. The van der Waals surface area contributed by atoms with Crippen LogP contribution in [0, 0.1) is 5.41 Å². The van der Waals surface area contributed by atoms with E-state index in [0.29, 0.717) is 6.54 Å². The van der Waals surface area contributed by atoms with Crippen molar-refractivity contribution in [1.29, 1.82) is 0 Å². The van der Waals surface area contributed by atoms with Gasteiger partial charge >= 0.3 is 0 Å². The summed E-state index contributed by atoms with van der Waals surface area (Å²) in [6, 6.07) is 7.85. The van der Waals surface area contributed by atoms with Gasteiger partial charge in [0.1, 0.15) is 0 Å². The van der Waals surface area contributed by atoms with Gasteiger partial charge in [-0.2, -0.15) is 0 Å². The number of hydrogen-bond donors (Lipinski definition) is 1. The summed E-state index contributed by atoms with van der Waals surface area (Å²) in [6.07, 6.45) is 2.83. The fraction of sp³-hybridized carbons (Fsp3) is 0.333. The van der Waals surface area contributed by atoms with Crippen molar-refractivity contribution in [3.8, 4) is 0 Å². The van der Waals surface area contributed by atoms with E-state index in [1.807, 2.05) is 30.3 Å². The molecule has 1 rings (SSSR count). The van der Waals surface area contributed by atoms with Crippen LogP contribution >= 0.6 is 11.6 Å². The lowest BCUT2D eigenvalue weighted by molar-refractivity contribution is 0.439. The lowest BCUT2D eigenvalue weighted by Gasteiger charge is -2.23. The number of halogens is 1. The molecular formula is C12H16ClN. The summed E-state index contributed by atoms with van der Waals surface area (Å²) in [5, 5.41) is 0.766. The Morgan fingerprint density at radius 1 is 1.43 bits per heavy atom. The van der Waals surface area contributed by atoms with Crippen LogP contribution < -0.4 is 5.73 Å². The molecule has 0 aliphatic carbocycles. The highest BCUT2D eigenvalue weighted by Gasteiger charge is 2.18. The number of hydrogen-bond acceptors (Lipinski definition) is 1. The van der Waals surface area contributed by atoms with Gasteiger partial charge in [-0.15, -0.1) is 6.58 Å². The van der Waals surface area contributed by atoms with Crippen LogP contribution in [-0.4, -0.2) is 6.54 Å². The van der Waals surface area contributed by atoms with Crippen molar-refractivity contribution in [3.63, 3.8) is 0 Å². The summed E-state index contributed by atoms with van der Waals surface area (Å²) >= 11 is 5.81. The summed E-state index contributed by atoms with van der Waals surface area (Å²) < 4.78 is 0. The number of rotatable bonds is 4. The predicted octanol–water partition coefficient (Wildman–Crippen LogP) is 3.03. The highest BCUT2D eigenvalue weighted by molar-refractivity contribution is 6.30. The standard InChI is InChI=1S/C12H16ClN/c1-3-12(2,9-14)8-10-4-6-11(13)7-5-10/h3-7H,1,8-9,14H2,2H3. The molecular weight excluding hydrogens is 194 g/mol. The molecule has 0 bridgehead atoms. The van der Waals surface area contributed by atoms with Crippen LogP contribution in [0.25, 0.3) is 0 Å². The minimum atomic E-state index is -0.0200. The molecule has 1 aromatic rings. The van der Waals surface area contributed by atoms with Gasteiger partial charge in [0.2, 0.25) is 0 Å². The Balaban J connectivity index is 2.77. The second-order valence-electron chi connectivity index (χ2n) is 3.87. The van der Waals surface area contributed by atoms with Gasteiger partial charge < -0.3 is 5.73 Å². The SMILES string of the molecule is C=CC(C)(CN)Cc1ccc(Cl)cc1. The van der Waals surface area contributed by atoms with Gasteiger partial charge in [-0.1, -0.05) is 36.7 Å². The Morgan fingerprint density at radius 3 is 2.43 bits per heavy atom. The van der Waals surface area contributed by atoms with Crippen LogP contribution in [0.15, 0.2) is 36.9 Å². The van der Waals surface area contributed by atoms with Gasteiger partial charge in [0.25, 0.3) is 0 Å². The van der Waals surface area contributed by atoms with Gasteiger partial charge in [-0.25, -0.2) is 0 Å². The van der Waals surface area contributed by atoms with Crippen molar-refractivity contribution in [2.75, 3.05) is 6.54 Å². The van der Waals surface area contributed by atoms with E-state index in [2.05, 4.69) is 13.5 Å². The smallest absolute Gasteiger partial charge is 0.0406 e. The molecule has 1 nitrogen and oxygen atoms in total. The molecule has 0 spiro atoms. The van der Waals surface area contributed by atoms with E-state index in [4.69, 9.17) is 17.3 Å². The van der Waals surface area contributed by atoms with Gasteiger partial charge in [0.05, 0.1) is 0 Å². The average Bonchev–Trinajstić information content (AvgIpc) is 2.21. The Morgan fingerprint density at radius 2 is 2.00 bits per heavy atom. The zero-order chi connectivity index (χ0) is 10.6. The van der Waals surface area contributed by atoms with Crippen LogP contribution in [-0.2, 0) is 6.42 Å². The van der Waals surface area contributed by atoms with Gasteiger partial charge in [-0.3, -0.25) is 0 Å². The van der Waals surface area contributed by atoms with Crippen molar-refractivity contribution < 1.29 is 0 Å². The van der Waals surface area contributed by atoms with Crippen LogP contribution in [0.1, 0.15) is 12.5 Å². The molecule has 0 aliphatic heterocycles. The van der Waals surface area contributed by atoms with Crippen molar-refractivity contribution >= 4 is 11.6 Å². The second-order valence-corrected chi connectivity index (χ2v) is 4.30. The van der Waals surface area contributed by atoms with Gasteiger partial charge in [-0.05, 0) is 24.1 Å². The van der Waals surface area contributed by atoms with Crippen LogP contribution in [0.4, 0.5) is 0 Å². The first-order chi connectivity index (χ1) is 6.59. The molecule has 0 heterocycles. The molecule has 0 aliphatic rings. The number of benzene rings is 1. The van der Waals surface area contributed by atoms with E-state index in [-0.39, 0.29) is 5.41 Å². The van der Waals surface area contributed by atoms with Crippen LogP contribution in [0.2, 0.25) is 5.02 Å². The summed E-state index contributed by atoms with van der Waals surface area (Å²) in [4.78, 5) is 0. The summed E-state index contributed by atoms with van der Waals surface area (Å²) in [5.41, 5.74) is 6.92. The molecule has 1 unspecified atom stereocenters. The first-order valence-electron chi connectivity index (χ1n) is 4.68. The third-order valence-electron chi connectivity index (χ3n) is 2.48. The molecule has 0 radical (unpaired) electrons. The summed E-state index contributed by atoms with van der Waals surface area (Å²) in [5.74, 6) is 0. The Kier molecular flexibility index (Phi) is 3.73. The average molecular weight is 210 g/mol. The Bertz CT molecular complexity index is 305. The van der Waals surface area contributed by atoms with E-state index in [1.165, 1.54) is 5.56 Å². The Hall–Kier alpha value is -0.790. The molecule has 0 fully saturated rings. The maximum Gasteiger partial charge on any atom is 0.0406 e. The molecule has 2 N–H and O–H groups in total. The molecule has 76 valence electrons. The van der Waals surface area contributed by atoms with E-state index >= 15 is 0 Å². The van der Waals surface area contributed by atoms with E-state index in [1.54, 1.807) is 0 Å². The monoisotopic (exact) mass is 209 g/mol. The summed E-state index contributed by atoms with van der Waals surface area (Å²) in [7, 11) is 0. The maximum absolute atomic E-state index is 5.81. The minimum absolute atomic E-state index is 0.0200. The third kappa shape index (κ3) is 2.86. The van der Waals surface area contributed by atoms with Crippen molar-refractivity contribution in [2.45, 2.75) is 13.3 Å². The first-order valence-corrected chi connectivity index (χ1v) is 5.05.